The maximum atomic E-state index is 9.30. The maximum absolute atomic E-state index is 9.30. The van der Waals surface area contributed by atoms with Crippen LogP contribution in [0.2, 0.25) is 0 Å². The lowest BCUT2D eigenvalue weighted by Gasteiger charge is -2.11. The van der Waals surface area contributed by atoms with Crippen LogP contribution < -0.4 is 9.47 Å². The lowest BCUT2D eigenvalue weighted by molar-refractivity contribution is 0.258. The third-order valence-electron chi connectivity index (χ3n) is 2.68. The molecule has 0 unspecified atom stereocenters. The minimum absolute atomic E-state index is 0.0681. The molecule has 0 fully saturated rings. The molecule has 0 aliphatic carbocycles. The molecule has 1 N–H and O–H groups in total. The Labute approximate surface area is 107 Å². The van der Waals surface area contributed by atoms with Crippen molar-refractivity contribution in [2.75, 3.05) is 7.11 Å². The summed E-state index contributed by atoms with van der Waals surface area (Å²) in [6.45, 7) is 0.418. The van der Waals surface area contributed by atoms with Crippen LogP contribution in [-0.4, -0.2) is 12.2 Å². The van der Waals surface area contributed by atoms with E-state index in [1.807, 2.05) is 42.5 Å². The zero-order valence-corrected chi connectivity index (χ0v) is 10.3. The highest BCUT2D eigenvalue weighted by molar-refractivity contribution is 5.40. The van der Waals surface area contributed by atoms with Gasteiger partial charge < -0.3 is 14.6 Å². The molecule has 0 spiro atoms. The number of hydrogen-bond donors (Lipinski definition) is 1. The first-order chi connectivity index (χ1) is 8.83. The molecular formula is C15H16O3. The van der Waals surface area contributed by atoms with Gasteiger partial charge in [-0.3, -0.25) is 0 Å². The quantitative estimate of drug-likeness (QED) is 0.879. The van der Waals surface area contributed by atoms with Crippen molar-refractivity contribution in [1.29, 1.82) is 0 Å². The van der Waals surface area contributed by atoms with Gasteiger partial charge in [-0.2, -0.15) is 0 Å². The fourth-order valence-corrected chi connectivity index (χ4v) is 1.68. The van der Waals surface area contributed by atoms with Gasteiger partial charge in [-0.15, -0.1) is 0 Å². The summed E-state index contributed by atoms with van der Waals surface area (Å²) < 4.78 is 10.8. The van der Waals surface area contributed by atoms with E-state index in [1.165, 1.54) is 0 Å². The Morgan fingerprint density at radius 3 is 2.50 bits per heavy atom. The van der Waals surface area contributed by atoms with Gasteiger partial charge in [0.25, 0.3) is 0 Å². The molecule has 3 heteroatoms. The maximum Gasteiger partial charge on any atom is 0.125 e. The van der Waals surface area contributed by atoms with Crippen LogP contribution in [0.25, 0.3) is 0 Å². The number of aliphatic hydroxyl groups excluding tert-OH is 1. The van der Waals surface area contributed by atoms with Gasteiger partial charge in [0.1, 0.15) is 18.1 Å². The standard InChI is InChI=1S/C15H16O3/c1-17-14-7-8-15(13(9-14)10-16)18-11-12-5-3-2-4-6-12/h2-9,16H,10-11H2,1H3. The molecule has 0 saturated heterocycles. The lowest BCUT2D eigenvalue weighted by Crippen LogP contribution is -1.99. The van der Waals surface area contributed by atoms with E-state index in [0.717, 1.165) is 11.1 Å². The lowest BCUT2D eigenvalue weighted by atomic mass is 10.2. The van der Waals surface area contributed by atoms with Crippen molar-refractivity contribution in [1.82, 2.24) is 0 Å². The number of benzene rings is 2. The van der Waals surface area contributed by atoms with Crippen molar-refractivity contribution in [2.45, 2.75) is 13.2 Å². The van der Waals surface area contributed by atoms with E-state index < -0.39 is 0 Å². The predicted molar refractivity (Wildman–Crippen MR) is 69.7 cm³/mol. The average molecular weight is 244 g/mol. The Balaban J connectivity index is 2.09. The summed E-state index contributed by atoms with van der Waals surface area (Å²) in [7, 11) is 1.60. The van der Waals surface area contributed by atoms with Gasteiger partial charge in [0, 0.05) is 5.56 Å². The topological polar surface area (TPSA) is 38.7 Å². The molecule has 0 heterocycles. The van der Waals surface area contributed by atoms with Crippen molar-refractivity contribution in [2.24, 2.45) is 0 Å². The molecule has 0 aromatic heterocycles. The molecule has 2 rings (SSSR count). The van der Waals surface area contributed by atoms with Gasteiger partial charge in [-0.1, -0.05) is 30.3 Å². The Kier molecular flexibility index (Phi) is 4.20. The van der Waals surface area contributed by atoms with E-state index >= 15 is 0 Å². The van der Waals surface area contributed by atoms with Gasteiger partial charge >= 0.3 is 0 Å². The van der Waals surface area contributed by atoms with Crippen LogP contribution in [0.15, 0.2) is 48.5 Å². The van der Waals surface area contributed by atoms with Crippen LogP contribution >= 0.6 is 0 Å². The second kappa shape index (κ2) is 6.07. The van der Waals surface area contributed by atoms with Crippen molar-refractivity contribution >= 4 is 0 Å². The smallest absolute Gasteiger partial charge is 0.125 e. The second-order valence-electron chi connectivity index (χ2n) is 3.91. The van der Waals surface area contributed by atoms with Crippen molar-refractivity contribution in [3.8, 4) is 11.5 Å². The minimum atomic E-state index is -0.0681. The number of ether oxygens (including phenoxy) is 2. The summed E-state index contributed by atoms with van der Waals surface area (Å²) in [6.07, 6.45) is 0. The Morgan fingerprint density at radius 2 is 1.83 bits per heavy atom. The van der Waals surface area contributed by atoms with Gasteiger partial charge in [0.2, 0.25) is 0 Å². The summed E-state index contributed by atoms with van der Waals surface area (Å²) >= 11 is 0. The van der Waals surface area contributed by atoms with Gasteiger partial charge in [0.15, 0.2) is 0 Å². The van der Waals surface area contributed by atoms with Crippen molar-refractivity contribution in [3.63, 3.8) is 0 Å². The monoisotopic (exact) mass is 244 g/mol. The minimum Gasteiger partial charge on any atom is -0.497 e. The second-order valence-corrected chi connectivity index (χ2v) is 3.91. The molecule has 0 atom stereocenters. The highest BCUT2D eigenvalue weighted by atomic mass is 16.5. The highest BCUT2D eigenvalue weighted by Crippen LogP contribution is 2.24. The van der Waals surface area contributed by atoms with E-state index in [4.69, 9.17) is 9.47 Å². The molecule has 0 aliphatic heterocycles. The van der Waals surface area contributed by atoms with Crippen molar-refractivity contribution in [3.05, 3.63) is 59.7 Å². The molecule has 2 aromatic rings. The van der Waals surface area contributed by atoms with Gasteiger partial charge in [-0.05, 0) is 23.8 Å². The van der Waals surface area contributed by atoms with Crippen LogP contribution in [0.5, 0.6) is 11.5 Å². The third-order valence-corrected chi connectivity index (χ3v) is 2.68. The molecule has 94 valence electrons. The van der Waals surface area contributed by atoms with Crippen LogP contribution in [0.3, 0.4) is 0 Å². The molecule has 3 nitrogen and oxygen atoms in total. The summed E-state index contributed by atoms with van der Waals surface area (Å²) in [4.78, 5) is 0. The number of aliphatic hydroxyl groups is 1. The fourth-order valence-electron chi connectivity index (χ4n) is 1.68. The number of methoxy groups -OCH3 is 1. The van der Waals surface area contributed by atoms with E-state index in [9.17, 15) is 5.11 Å². The zero-order valence-electron chi connectivity index (χ0n) is 10.3. The molecular weight excluding hydrogens is 228 g/mol. The summed E-state index contributed by atoms with van der Waals surface area (Å²) in [5.41, 5.74) is 1.82. The van der Waals surface area contributed by atoms with E-state index in [-0.39, 0.29) is 6.61 Å². The number of hydrogen-bond acceptors (Lipinski definition) is 3. The normalized spacial score (nSPS) is 10.1. The average Bonchev–Trinajstić information content (AvgIpc) is 2.46. The van der Waals surface area contributed by atoms with Gasteiger partial charge in [-0.25, -0.2) is 0 Å². The molecule has 0 amide bonds. The van der Waals surface area contributed by atoms with Crippen molar-refractivity contribution < 1.29 is 14.6 Å². The van der Waals surface area contributed by atoms with E-state index in [0.29, 0.717) is 18.1 Å². The molecule has 18 heavy (non-hydrogen) atoms. The highest BCUT2D eigenvalue weighted by Gasteiger charge is 2.05. The number of rotatable bonds is 5. The molecule has 0 saturated carbocycles. The Morgan fingerprint density at radius 1 is 1.06 bits per heavy atom. The van der Waals surface area contributed by atoms with Crippen LogP contribution in [0.4, 0.5) is 0 Å². The molecule has 0 radical (unpaired) electrons. The first kappa shape index (κ1) is 12.5. The molecule has 0 bridgehead atoms. The van der Waals surface area contributed by atoms with Gasteiger partial charge in [0.05, 0.1) is 13.7 Å². The van der Waals surface area contributed by atoms with Crippen LogP contribution in [-0.2, 0) is 13.2 Å². The zero-order chi connectivity index (χ0) is 12.8. The first-order valence-corrected chi connectivity index (χ1v) is 5.78. The SMILES string of the molecule is COc1ccc(OCc2ccccc2)c(CO)c1. The van der Waals surface area contributed by atoms with E-state index in [2.05, 4.69) is 0 Å². The Bertz CT molecular complexity index is 494. The molecule has 2 aromatic carbocycles. The van der Waals surface area contributed by atoms with E-state index in [1.54, 1.807) is 13.2 Å². The summed E-state index contributed by atoms with van der Waals surface area (Å²) in [5, 5.41) is 9.30. The van der Waals surface area contributed by atoms with Crippen LogP contribution in [0.1, 0.15) is 11.1 Å². The van der Waals surface area contributed by atoms with Crippen LogP contribution in [0, 0.1) is 0 Å². The third kappa shape index (κ3) is 3.02. The fraction of sp³-hybridized carbons (Fsp3) is 0.200. The largest absolute Gasteiger partial charge is 0.497 e. The molecule has 0 aliphatic rings. The summed E-state index contributed by atoms with van der Waals surface area (Å²) in [5.74, 6) is 1.40. The predicted octanol–water partition coefficient (Wildman–Crippen LogP) is 2.77. The first-order valence-electron chi connectivity index (χ1n) is 5.78. The Hall–Kier alpha value is -2.00. The summed E-state index contributed by atoms with van der Waals surface area (Å²) in [6, 6.07) is 15.3.